The minimum absolute atomic E-state index is 0.0494. The van der Waals surface area contributed by atoms with Gasteiger partial charge < -0.3 is 0 Å². The molecule has 0 aromatic heterocycles. The Morgan fingerprint density at radius 1 is 0.625 bits per heavy atom. The number of ketones is 1. The number of hydrogen-bond acceptors (Lipinski definition) is 1. The van der Waals surface area contributed by atoms with Crippen LogP contribution in [0.2, 0.25) is 0 Å². The van der Waals surface area contributed by atoms with E-state index in [4.69, 9.17) is 0 Å². The van der Waals surface area contributed by atoms with E-state index in [1.54, 1.807) is 0 Å². The maximum absolute atomic E-state index is 13.1. The Hall–Kier alpha value is -0.680. The van der Waals surface area contributed by atoms with Gasteiger partial charge in [-0.05, 0) is 6.42 Å². The third-order valence-corrected chi connectivity index (χ3v) is 4.18. The predicted molar refractivity (Wildman–Crippen MR) is 86.3 cm³/mol. The van der Waals surface area contributed by atoms with E-state index in [-0.39, 0.29) is 6.42 Å². The van der Waals surface area contributed by atoms with Gasteiger partial charge >= 0.3 is 17.9 Å². The fraction of sp³-hybridized carbons (Fsp3) is 0.944. The van der Waals surface area contributed by atoms with Crippen molar-refractivity contribution in [3.63, 3.8) is 0 Å². The molecule has 0 fully saturated rings. The third kappa shape index (κ3) is 11.8. The zero-order valence-electron chi connectivity index (χ0n) is 14.7. The van der Waals surface area contributed by atoms with Crippen LogP contribution in [0.15, 0.2) is 0 Å². The van der Waals surface area contributed by atoms with Crippen molar-refractivity contribution in [2.24, 2.45) is 0 Å². The van der Waals surface area contributed by atoms with Gasteiger partial charge in [-0.1, -0.05) is 84.0 Å². The topological polar surface area (TPSA) is 17.1 Å². The van der Waals surface area contributed by atoms with E-state index in [1.165, 1.54) is 44.9 Å². The number of halogens is 5. The van der Waals surface area contributed by atoms with Crippen LogP contribution in [0, 0.1) is 0 Å². The van der Waals surface area contributed by atoms with E-state index in [0.717, 1.165) is 25.7 Å². The number of unbranched alkanes of at least 4 members (excludes halogenated alkanes) is 12. The molecular weight excluding hydrogens is 327 g/mol. The highest BCUT2D eigenvalue weighted by atomic mass is 19.4. The number of carbonyl (C=O) groups is 1. The molecule has 0 spiro atoms. The summed E-state index contributed by atoms with van der Waals surface area (Å²) in [5, 5.41) is 0. The first-order valence-electron chi connectivity index (χ1n) is 9.21. The summed E-state index contributed by atoms with van der Waals surface area (Å²) in [6, 6.07) is 0. The van der Waals surface area contributed by atoms with Crippen molar-refractivity contribution in [2.45, 2.75) is 109 Å². The molecule has 0 aliphatic heterocycles. The summed E-state index contributed by atoms with van der Waals surface area (Å²) in [4.78, 5) is 10.6. The molecule has 0 radical (unpaired) electrons. The molecule has 0 aromatic rings. The number of carbonyl (C=O) groups excluding carboxylic acids is 1. The molecule has 0 bridgehead atoms. The molecule has 0 rings (SSSR count). The van der Waals surface area contributed by atoms with Crippen LogP contribution in [-0.4, -0.2) is 17.9 Å². The van der Waals surface area contributed by atoms with Crippen LogP contribution in [0.1, 0.15) is 96.8 Å². The number of rotatable bonds is 15. The van der Waals surface area contributed by atoms with E-state index >= 15 is 0 Å². The van der Waals surface area contributed by atoms with Crippen LogP contribution in [0.25, 0.3) is 0 Å². The fourth-order valence-electron chi connectivity index (χ4n) is 2.69. The van der Waals surface area contributed by atoms with Crippen LogP contribution in [0.5, 0.6) is 0 Å². The summed E-state index contributed by atoms with van der Waals surface area (Å²) in [5.74, 6) is -7.20. The average molecular weight is 358 g/mol. The lowest BCUT2D eigenvalue weighted by atomic mass is 10.0. The van der Waals surface area contributed by atoms with Crippen LogP contribution < -0.4 is 0 Å². The summed E-state index contributed by atoms with van der Waals surface area (Å²) >= 11 is 0. The molecule has 0 atom stereocenters. The van der Waals surface area contributed by atoms with Gasteiger partial charge in [0.25, 0.3) is 0 Å². The molecule has 0 heterocycles. The Morgan fingerprint density at radius 2 is 0.958 bits per heavy atom. The minimum Gasteiger partial charge on any atom is -0.283 e. The van der Waals surface area contributed by atoms with Crippen molar-refractivity contribution in [1.29, 1.82) is 0 Å². The van der Waals surface area contributed by atoms with Gasteiger partial charge in [-0.3, -0.25) is 4.79 Å². The lowest BCUT2D eigenvalue weighted by Gasteiger charge is -2.16. The second kappa shape index (κ2) is 12.6. The molecule has 0 N–H and O–H groups in total. The normalized spacial score (nSPS) is 12.6. The van der Waals surface area contributed by atoms with Crippen LogP contribution in [-0.2, 0) is 4.79 Å². The highest BCUT2D eigenvalue weighted by Gasteiger charge is 2.54. The zero-order valence-corrected chi connectivity index (χ0v) is 14.7. The molecule has 0 aliphatic rings. The molecule has 0 saturated heterocycles. The molecular formula is C18H31F5O. The maximum Gasteiger partial charge on any atom is 0.456 e. The summed E-state index contributed by atoms with van der Waals surface area (Å²) < 4.78 is 62.1. The molecule has 0 unspecified atom stereocenters. The quantitative estimate of drug-likeness (QED) is 0.223. The van der Waals surface area contributed by atoms with E-state index in [2.05, 4.69) is 6.92 Å². The molecule has 6 heteroatoms. The Kier molecular flexibility index (Phi) is 12.3. The smallest absolute Gasteiger partial charge is 0.283 e. The van der Waals surface area contributed by atoms with Crippen molar-refractivity contribution in [2.75, 3.05) is 0 Å². The number of hydrogen-bond donors (Lipinski definition) is 0. The minimum atomic E-state index is -5.46. The molecule has 0 saturated carbocycles. The van der Waals surface area contributed by atoms with Crippen molar-refractivity contribution in [3.05, 3.63) is 0 Å². The van der Waals surface area contributed by atoms with Gasteiger partial charge in [-0.2, -0.15) is 22.0 Å². The van der Waals surface area contributed by atoms with Gasteiger partial charge in [0, 0.05) is 6.42 Å². The highest BCUT2D eigenvalue weighted by Crippen LogP contribution is 2.31. The second-order valence-corrected chi connectivity index (χ2v) is 6.52. The Balaban J connectivity index is 3.47. The summed E-state index contributed by atoms with van der Waals surface area (Å²) in [7, 11) is 0. The van der Waals surface area contributed by atoms with Gasteiger partial charge in [0.2, 0.25) is 0 Å². The fourth-order valence-corrected chi connectivity index (χ4v) is 2.69. The van der Waals surface area contributed by atoms with Gasteiger partial charge in [0.1, 0.15) is 0 Å². The van der Waals surface area contributed by atoms with Gasteiger partial charge in [0.15, 0.2) is 0 Å². The standard InChI is InChI=1S/C18H31F5O/c1-2-3-4-5-6-7-8-9-10-11-12-13-14-15-17(19,20)16(24)18(21,22)23/h2-15H2,1H3. The molecule has 0 aliphatic carbocycles. The first kappa shape index (κ1) is 23.3. The summed E-state index contributed by atoms with van der Waals surface area (Å²) in [6.07, 6.45) is 6.54. The van der Waals surface area contributed by atoms with E-state index in [0.29, 0.717) is 6.42 Å². The van der Waals surface area contributed by atoms with Crippen LogP contribution in [0.4, 0.5) is 22.0 Å². The molecule has 0 aromatic carbocycles. The molecule has 24 heavy (non-hydrogen) atoms. The maximum atomic E-state index is 13.1. The number of Topliss-reactive ketones (excluding diaryl/α,β-unsaturated/α-hetero) is 1. The highest BCUT2D eigenvalue weighted by molar-refractivity contribution is 5.90. The zero-order chi connectivity index (χ0) is 18.5. The Labute approximate surface area is 142 Å². The van der Waals surface area contributed by atoms with Crippen LogP contribution >= 0.6 is 0 Å². The SMILES string of the molecule is CCCCCCCCCCCCCCCC(F)(F)C(=O)C(F)(F)F. The average Bonchev–Trinajstić information content (AvgIpc) is 2.50. The van der Waals surface area contributed by atoms with E-state index < -0.39 is 24.3 Å². The Morgan fingerprint density at radius 3 is 1.29 bits per heavy atom. The van der Waals surface area contributed by atoms with Crippen molar-refractivity contribution >= 4 is 5.78 Å². The predicted octanol–water partition coefficient (Wildman–Crippen LogP) is 7.23. The van der Waals surface area contributed by atoms with E-state index in [1.807, 2.05) is 0 Å². The third-order valence-electron chi connectivity index (χ3n) is 4.18. The summed E-state index contributed by atoms with van der Waals surface area (Å²) in [5.41, 5.74) is 0. The first-order chi connectivity index (χ1) is 11.2. The van der Waals surface area contributed by atoms with Crippen LogP contribution in [0.3, 0.4) is 0 Å². The Bertz CT molecular complexity index is 326. The van der Waals surface area contributed by atoms with Crippen molar-refractivity contribution in [1.82, 2.24) is 0 Å². The summed E-state index contributed by atoms with van der Waals surface area (Å²) in [6.45, 7) is 2.19. The second-order valence-electron chi connectivity index (χ2n) is 6.52. The largest absolute Gasteiger partial charge is 0.456 e. The van der Waals surface area contributed by atoms with Gasteiger partial charge in [0.05, 0.1) is 0 Å². The molecule has 0 amide bonds. The van der Waals surface area contributed by atoms with E-state index in [9.17, 15) is 26.7 Å². The van der Waals surface area contributed by atoms with Crippen molar-refractivity contribution in [3.8, 4) is 0 Å². The van der Waals surface area contributed by atoms with Gasteiger partial charge in [-0.25, -0.2) is 0 Å². The lowest BCUT2D eigenvalue weighted by molar-refractivity contribution is -0.196. The molecule has 1 nitrogen and oxygen atoms in total. The van der Waals surface area contributed by atoms with Crippen molar-refractivity contribution < 1.29 is 26.7 Å². The number of alkyl halides is 5. The monoisotopic (exact) mass is 358 g/mol. The first-order valence-corrected chi connectivity index (χ1v) is 9.21. The lowest BCUT2D eigenvalue weighted by Crippen LogP contribution is -2.39. The molecule has 144 valence electrons. The van der Waals surface area contributed by atoms with Gasteiger partial charge in [-0.15, -0.1) is 0 Å².